The van der Waals surface area contributed by atoms with Gasteiger partial charge < -0.3 is 19.5 Å². The Morgan fingerprint density at radius 2 is 2.00 bits per heavy atom. The van der Waals surface area contributed by atoms with Gasteiger partial charge in [0.2, 0.25) is 0 Å². The van der Waals surface area contributed by atoms with Crippen molar-refractivity contribution >= 4 is 35.1 Å². The third-order valence-electron chi connectivity index (χ3n) is 3.54. The van der Waals surface area contributed by atoms with Gasteiger partial charge in [-0.05, 0) is 47.6 Å². The van der Waals surface area contributed by atoms with Gasteiger partial charge in [-0.2, -0.15) is 5.10 Å². The Hall–Kier alpha value is -2.95. The summed E-state index contributed by atoms with van der Waals surface area (Å²) in [7, 11) is 3.15. The Morgan fingerprint density at radius 1 is 1.25 bits per heavy atom. The Bertz CT molecular complexity index is 880. The zero-order chi connectivity index (χ0) is 20.4. The summed E-state index contributed by atoms with van der Waals surface area (Å²) in [5.74, 6) is 4.04. The van der Waals surface area contributed by atoms with Gasteiger partial charge in [-0.25, -0.2) is 0 Å². The largest absolute Gasteiger partial charge is 0.497 e. The lowest BCUT2D eigenvalue weighted by Crippen LogP contribution is -2.31. The molecule has 2 rings (SSSR count). The minimum Gasteiger partial charge on any atom is -0.497 e. The summed E-state index contributed by atoms with van der Waals surface area (Å²) in [5, 5.41) is 7.93. The zero-order valence-electron chi connectivity index (χ0n) is 15.5. The first-order valence-electron chi connectivity index (χ1n) is 8.21. The summed E-state index contributed by atoms with van der Waals surface area (Å²) in [6.45, 7) is 0.658. The molecule has 0 saturated carbocycles. The Morgan fingerprint density at radius 3 is 2.64 bits per heavy atom. The van der Waals surface area contributed by atoms with Gasteiger partial charge in [0, 0.05) is 6.54 Å². The van der Waals surface area contributed by atoms with E-state index in [1.54, 1.807) is 25.5 Å². The van der Waals surface area contributed by atoms with Gasteiger partial charge in [0.25, 0.3) is 0 Å². The highest BCUT2D eigenvalue weighted by Gasteiger charge is 2.11. The summed E-state index contributed by atoms with van der Waals surface area (Å²) < 4.78 is 15.8. The molecule has 0 aliphatic rings. The van der Waals surface area contributed by atoms with Gasteiger partial charge in [-0.3, -0.25) is 5.43 Å². The zero-order valence-corrected chi connectivity index (χ0v) is 17.1. The van der Waals surface area contributed by atoms with Crippen LogP contribution in [-0.2, 0) is 6.54 Å². The molecule has 0 atom stereocenters. The van der Waals surface area contributed by atoms with Crippen LogP contribution in [0.25, 0.3) is 0 Å². The Kier molecular flexibility index (Phi) is 8.40. The number of hydrazone groups is 1. The molecule has 2 aromatic carbocycles. The number of hydrogen-bond donors (Lipinski definition) is 2. The number of nitrogens with zero attached hydrogens (tertiary/aromatic N) is 1. The molecule has 2 N–H and O–H groups in total. The fourth-order valence-electron chi connectivity index (χ4n) is 2.20. The molecule has 0 amide bonds. The Balaban J connectivity index is 1.91. The molecule has 0 aliphatic heterocycles. The minimum absolute atomic E-state index is 0.0964. The summed E-state index contributed by atoms with van der Waals surface area (Å²) in [5.41, 5.74) is 4.52. The number of terminal acetylenes is 1. The summed E-state index contributed by atoms with van der Waals surface area (Å²) in [6, 6.07) is 11.1. The van der Waals surface area contributed by atoms with Crippen LogP contribution in [0.2, 0.25) is 5.02 Å². The van der Waals surface area contributed by atoms with Gasteiger partial charge >= 0.3 is 0 Å². The van der Waals surface area contributed by atoms with Crippen LogP contribution in [0.15, 0.2) is 41.5 Å². The standard InChI is InChI=1S/C20H20ClN3O3S/c1-4-9-27-19-17(21)10-15(11-18(19)26-3)13-23-24-20(28)22-12-14-5-7-16(25-2)8-6-14/h1,5-8,10-11,13H,9,12H2,2-3H3,(H2,22,24,28)/b23-13-. The third-order valence-corrected chi connectivity index (χ3v) is 4.06. The minimum atomic E-state index is 0.0964. The number of halogens is 1. The lowest BCUT2D eigenvalue weighted by Gasteiger charge is -2.11. The van der Waals surface area contributed by atoms with E-state index in [0.717, 1.165) is 11.3 Å². The van der Waals surface area contributed by atoms with E-state index in [1.165, 1.54) is 7.11 Å². The fourth-order valence-corrected chi connectivity index (χ4v) is 2.60. The summed E-state index contributed by atoms with van der Waals surface area (Å²) in [6.07, 6.45) is 6.77. The molecule has 0 radical (unpaired) electrons. The van der Waals surface area contributed by atoms with E-state index < -0.39 is 0 Å². The molecular weight excluding hydrogens is 398 g/mol. The third kappa shape index (κ3) is 6.34. The molecule has 146 valence electrons. The van der Waals surface area contributed by atoms with Gasteiger partial charge in [0.1, 0.15) is 12.4 Å². The highest BCUT2D eigenvalue weighted by atomic mass is 35.5. The maximum absolute atomic E-state index is 6.23. The molecular formula is C20H20ClN3O3S. The molecule has 6 nitrogen and oxygen atoms in total. The topological polar surface area (TPSA) is 64.1 Å². The molecule has 0 saturated heterocycles. The van der Waals surface area contributed by atoms with Crippen molar-refractivity contribution in [1.82, 2.24) is 10.7 Å². The highest BCUT2D eigenvalue weighted by Crippen LogP contribution is 2.35. The van der Waals surface area contributed by atoms with Crippen LogP contribution in [0.3, 0.4) is 0 Å². The quantitative estimate of drug-likeness (QED) is 0.297. The molecule has 0 bridgehead atoms. The van der Waals surface area contributed by atoms with Crippen molar-refractivity contribution in [3.05, 3.63) is 52.5 Å². The molecule has 0 aliphatic carbocycles. The van der Waals surface area contributed by atoms with E-state index in [2.05, 4.69) is 21.8 Å². The van der Waals surface area contributed by atoms with E-state index in [-0.39, 0.29) is 6.61 Å². The molecule has 8 heteroatoms. The monoisotopic (exact) mass is 417 g/mol. The van der Waals surface area contributed by atoms with Gasteiger partial charge in [0.05, 0.1) is 25.5 Å². The first kappa shape index (κ1) is 21.4. The SMILES string of the molecule is C#CCOc1c(Cl)cc(/C=N\NC(=S)NCc2ccc(OC)cc2)cc1OC. The van der Waals surface area contributed by atoms with Gasteiger partial charge in [0.15, 0.2) is 16.6 Å². The van der Waals surface area contributed by atoms with Crippen LogP contribution in [0.4, 0.5) is 0 Å². The molecule has 0 heterocycles. The number of ether oxygens (including phenoxy) is 3. The van der Waals surface area contributed by atoms with E-state index in [4.69, 9.17) is 44.5 Å². The predicted octanol–water partition coefficient (Wildman–Crippen LogP) is 3.37. The summed E-state index contributed by atoms with van der Waals surface area (Å²) >= 11 is 11.4. The second-order valence-electron chi connectivity index (χ2n) is 5.43. The number of rotatable bonds is 8. The highest BCUT2D eigenvalue weighted by molar-refractivity contribution is 7.80. The maximum atomic E-state index is 6.23. The van der Waals surface area contributed by atoms with Crippen molar-refractivity contribution < 1.29 is 14.2 Å². The smallest absolute Gasteiger partial charge is 0.187 e. The van der Waals surface area contributed by atoms with Crippen LogP contribution < -0.4 is 25.0 Å². The van der Waals surface area contributed by atoms with Crippen molar-refractivity contribution in [3.63, 3.8) is 0 Å². The average Bonchev–Trinajstić information content (AvgIpc) is 2.71. The van der Waals surface area contributed by atoms with Gasteiger partial charge in [-0.15, -0.1) is 6.42 Å². The average molecular weight is 418 g/mol. The van der Waals surface area contributed by atoms with Crippen molar-refractivity contribution in [2.75, 3.05) is 20.8 Å². The van der Waals surface area contributed by atoms with Crippen LogP contribution in [0.5, 0.6) is 17.2 Å². The van der Waals surface area contributed by atoms with E-state index >= 15 is 0 Å². The van der Waals surface area contributed by atoms with Gasteiger partial charge in [-0.1, -0.05) is 29.7 Å². The lowest BCUT2D eigenvalue weighted by atomic mass is 10.2. The number of methoxy groups -OCH3 is 2. The van der Waals surface area contributed by atoms with Crippen molar-refractivity contribution in [1.29, 1.82) is 0 Å². The van der Waals surface area contributed by atoms with E-state index in [1.807, 2.05) is 24.3 Å². The van der Waals surface area contributed by atoms with Crippen LogP contribution >= 0.6 is 23.8 Å². The van der Waals surface area contributed by atoms with Crippen LogP contribution in [0.1, 0.15) is 11.1 Å². The number of thiocarbonyl (C=S) groups is 1. The number of benzene rings is 2. The van der Waals surface area contributed by atoms with Crippen molar-refractivity contribution in [2.24, 2.45) is 5.10 Å². The second kappa shape index (κ2) is 11.0. The molecule has 0 aromatic heterocycles. The predicted molar refractivity (Wildman–Crippen MR) is 115 cm³/mol. The van der Waals surface area contributed by atoms with E-state index in [0.29, 0.717) is 33.7 Å². The molecule has 0 unspecified atom stereocenters. The Labute approximate surface area is 174 Å². The second-order valence-corrected chi connectivity index (χ2v) is 6.24. The van der Waals surface area contributed by atoms with E-state index in [9.17, 15) is 0 Å². The number of hydrogen-bond acceptors (Lipinski definition) is 5. The molecule has 28 heavy (non-hydrogen) atoms. The first-order valence-corrected chi connectivity index (χ1v) is 8.99. The van der Waals surface area contributed by atoms with Crippen molar-refractivity contribution in [2.45, 2.75) is 6.54 Å². The number of nitrogens with one attached hydrogen (secondary N) is 2. The normalized spacial score (nSPS) is 10.2. The molecule has 0 fully saturated rings. The lowest BCUT2D eigenvalue weighted by molar-refractivity contribution is 0.331. The maximum Gasteiger partial charge on any atom is 0.187 e. The molecule has 2 aromatic rings. The van der Waals surface area contributed by atoms with Crippen molar-refractivity contribution in [3.8, 4) is 29.6 Å². The van der Waals surface area contributed by atoms with Crippen LogP contribution in [0, 0.1) is 12.3 Å². The summed E-state index contributed by atoms with van der Waals surface area (Å²) in [4.78, 5) is 0. The van der Waals surface area contributed by atoms with Crippen LogP contribution in [-0.4, -0.2) is 32.2 Å². The fraction of sp³-hybridized carbons (Fsp3) is 0.200. The molecule has 0 spiro atoms. The first-order chi connectivity index (χ1) is 13.6.